The minimum absolute atomic E-state index is 0.0145. The van der Waals surface area contributed by atoms with E-state index in [9.17, 15) is 10.1 Å². The van der Waals surface area contributed by atoms with Gasteiger partial charge in [-0.05, 0) is 37.6 Å². The number of methoxy groups -OCH3 is 2. The number of ether oxygens (including phenoxy) is 2. The van der Waals surface area contributed by atoms with E-state index in [2.05, 4.69) is 15.3 Å². The van der Waals surface area contributed by atoms with Crippen LogP contribution in [0.2, 0.25) is 5.02 Å². The zero-order valence-electron chi connectivity index (χ0n) is 17.5. The summed E-state index contributed by atoms with van der Waals surface area (Å²) in [6, 6.07) is 10.8. The van der Waals surface area contributed by atoms with Crippen molar-refractivity contribution in [3.8, 4) is 11.5 Å². The lowest BCUT2D eigenvalue weighted by atomic mass is 10.2. The topological polar surface area (TPSA) is 103 Å². The summed E-state index contributed by atoms with van der Waals surface area (Å²) in [6.45, 7) is 4.32. The highest BCUT2D eigenvalue weighted by molar-refractivity contribution is 6.32. The van der Waals surface area contributed by atoms with Gasteiger partial charge in [0.2, 0.25) is 11.6 Å². The number of nitro groups is 1. The van der Waals surface area contributed by atoms with Crippen LogP contribution < -0.4 is 19.7 Å². The Morgan fingerprint density at radius 2 is 1.90 bits per heavy atom. The van der Waals surface area contributed by atoms with Crippen molar-refractivity contribution in [3.05, 3.63) is 63.4 Å². The molecule has 0 atom stereocenters. The third-order valence-corrected chi connectivity index (χ3v) is 4.89. The predicted octanol–water partition coefficient (Wildman–Crippen LogP) is 5.27. The lowest BCUT2D eigenvalue weighted by molar-refractivity contribution is -0.383. The number of hydrogen-bond acceptors (Lipinski definition) is 8. The molecule has 1 N–H and O–H groups in total. The van der Waals surface area contributed by atoms with Gasteiger partial charge in [0.25, 0.3) is 0 Å². The number of rotatable bonds is 8. The third-order valence-electron chi connectivity index (χ3n) is 4.60. The van der Waals surface area contributed by atoms with Crippen molar-refractivity contribution in [1.82, 2.24) is 9.97 Å². The second kappa shape index (κ2) is 9.48. The van der Waals surface area contributed by atoms with E-state index in [0.717, 1.165) is 11.3 Å². The SMILES string of the molecule is CCN(c1cccc(C)c1)c1ncnc(Nc2cc(Cl)c(OC)cc2OC)c1[N+](=O)[O-]. The second-order valence-electron chi connectivity index (χ2n) is 6.55. The largest absolute Gasteiger partial charge is 0.495 e. The Morgan fingerprint density at radius 1 is 1.16 bits per heavy atom. The van der Waals surface area contributed by atoms with Crippen LogP contribution in [-0.4, -0.2) is 35.7 Å². The molecule has 162 valence electrons. The summed E-state index contributed by atoms with van der Waals surface area (Å²) in [6.07, 6.45) is 1.28. The number of hydrogen-bond donors (Lipinski definition) is 1. The first kappa shape index (κ1) is 22.1. The number of aryl methyl sites for hydroxylation is 1. The van der Waals surface area contributed by atoms with Gasteiger partial charge in [0.1, 0.15) is 17.8 Å². The van der Waals surface area contributed by atoms with Crippen molar-refractivity contribution in [3.63, 3.8) is 0 Å². The number of halogens is 1. The van der Waals surface area contributed by atoms with E-state index >= 15 is 0 Å². The summed E-state index contributed by atoms with van der Waals surface area (Å²) in [5, 5.41) is 15.3. The van der Waals surface area contributed by atoms with Crippen molar-refractivity contribution in [2.24, 2.45) is 0 Å². The average Bonchev–Trinajstić information content (AvgIpc) is 2.74. The molecule has 1 aromatic heterocycles. The summed E-state index contributed by atoms with van der Waals surface area (Å²) >= 11 is 6.23. The highest BCUT2D eigenvalue weighted by Gasteiger charge is 2.28. The van der Waals surface area contributed by atoms with Gasteiger partial charge < -0.3 is 19.7 Å². The van der Waals surface area contributed by atoms with E-state index in [1.807, 2.05) is 38.1 Å². The highest BCUT2D eigenvalue weighted by atomic mass is 35.5. The van der Waals surface area contributed by atoms with Crippen LogP contribution in [-0.2, 0) is 0 Å². The Kier molecular flexibility index (Phi) is 6.76. The van der Waals surface area contributed by atoms with Crippen LogP contribution in [0.5, 0.6) is 11.5 Å². The lowest BCUT2D eigenvalue weighted by Gasteiger charge is -2.23. The Labute approximate surface area is 184 Å². The van der Waals surface area contributed by atoms with Gasteiger partial charge in [-0.15, -0.1) is 0 Å². The summed E-state index contributed by atoms with van der Waals surface area (Å²) in [5.74, 6) is 0.995. The molecule has 0 unspecified atom stereocenters. The smallest absolute Gasteiger partial charge is 0.354 e. The number of anilines is 4. The van der Waals surface area contributed by atoms with Crippen LogP contribution in [0.4, 0.5) is 28.7 Å². The normalized spacial score (nSPS) is 10.5. The van der Waals surface area contributed by atoms with Gasteiger partial charge in [0, 0.05) is 18.3 Å². The zero-order valence-corrected chi connectivity index (χ0v) is 18.3. The molecule has 0 saturated heterocycles. The molecule has 0 bridgehead atoms. The molecule has 3 rings (SSSR count). The summed E-state index contributed by atoms with van der Waals surface area (Å²) in [7, 11) is 2.96. The second-order valence-corrected chi connectivity index (χ2v) is 6.95. The van der Waals surface area contributed by atoms with E-state index in [-0.39, 0.29) is 17.3 Å². The molecule has 9 nitrogen and oxygen atoms in total. The highest BCUT2D eigenvalue weighted by Crippen LogP contribution is 2.41. The van der Waals surface area contributed by atoms with Gasteiger partial charge in [0.05, 0.1) is 29.9 Å². The monoisotopic (exact) mass is 443 g/mol. The standard InChI is InChI=1S/C21H22ClN5O4/c1-5-26(14-8-6-7-13(2)9-14)21-19(27(28)29)20(23-12-24-21)25-16-10-15(22)17(30-3)11-18(16)31-4/h6-12H,5H2,1-4H3,(H,23,24,25). The first-order valence-electron chi connectivity index (χ1n) is 9.41. The number of aromatic nitrogens is 2. The van der Waals surface area contributed by atoms with Gasteiger partial charge in [-0.2, -0.15) is 0 Å². The fraction of sp³-hybridized carbons (Fsp3) is 0.238. The molecular weight excluding hydrogens is 422 g/mol. The quantitative estimate of drug-likeness (QED) is 0.371. The van der Waals surface area contributed by atoms with Crippen molar-refractivity contribution < 1.29 is 14.4 Å². The van der Waals surface area contributed by atoms with Crippen LogP contribution in [0.3, 0.4) is 0 Å². The minimum atomic E-state index is -0.506. The number of nitrogens with zero attached hydrogens (tertiary/aromatic N) is 4. The Bertz CT molecular complexity index is 1110. The zero-order chi connectivity index (χ0) is 22.5. The molecule has 0 aliphatic heterocycles. The first-order chi connectivity index (χ1) is 14.9. The maximum Gasteiger partial charge on any atom is 0.354 e. The lowest BCUT2D eigenvalue weighted by Crippen LogP contribution is -2.20. The number of benzene rings is 2. The molecule has 0 fully saturated rings. The molecule has 0 aliphatic carbocycles. The first-order valence-corrected chi connectivity index (χ1v) is 9.79. The minimum Gasteiger partial charge on any atom is -0.495 e. The Balaban J connectivity index is 2.11. The molecule has 1 heterocycles. The van der Waals surface area contributed by atoms with Gasteiger partial charge >= 0.3 is 5.69 Å². The number of nitrogens with one attached hydrogen (secondary N) is 1. The van der Waals surface area contributed by atoms with Gasteiger partial charge in [0.15, 0.2) is 0 Å². The summed E-state index contributed by atoms with van der Waals surface area (Å²) in [4.78, 5) is 21.6. The molecule has 10 heteroatoms. The average molecular weight is 444 g/mol. The van der Waals surface area contributed by atoms with E-state index in [4.69, 9.17) is 21.1 Å². The maximum atomic E-state index is 12.1. The molecule has 2 aromatic carbocycles. The van der Waals surface area contributed by atoms with Crippen LogP contribution in [0.25, 0.3) is 0 Å². The van der Waals surface area contributed by atoms with Crippen molar-refractivity contribution in [2.45, 2.75) is 13.8 Å². The fourth-order valence-electron chi connectivity index (χ4n) is 3.16. The molecule has 31 heavy (non-hydrogen) atoms. The Hall–Kier alpha value is -3.59. The van der Waals surface area contributed by atoms with Crippen LogP contribution in [0.1, 0.15) is 12.5 Å². The van der Waals surface area contributed by atoms with E-state index in [0.29, 0.717) is 28.8 Å². The van der Waals surface area contributed by atoms with Gasteiger partial charge in [-0.25, -0.2) is 9.97 Å². The van der Waals surface area contributed by atoms with Crippen LogP contribution in [0, 0.1) is 17.0 Å². The van der Waals surface area contributed by atoms with E-state index in [1.54, 1.807) is 17.0 Å². The molecule has 0 radical (unpaired) electrons. The molecule has 0 amide bonds. The fourth-order valence-corrected chi connectivity index (χ4v) is 3.40. The maximum absolute atomic E-state index is 12.1. The molecule has 3 aromatic rings. The van der Waals surface area contributed by atoms with Crippen molar-refractivity contribution >= 4 is 40.3 Å². The molecular formula is C21H22ClN5O4. The predicted molar refractivity (Wildman–Crippen MR) is 120 cm³/mol. The van der Waals surface area contributed by atoms with Crippen LogP contribution >= 0.6 is 11.6 Å². The summed E-state index contributed by atoms with van der Waals surface area (Å²) < 4.78 is 10.6. The molecule has 0 spiro atoms. The van der Waals surface area contributed by atoms with E-state index in [1.165, 1.54) is 20.5 Å². The van der Waals surface area contributed by atoms with Gasteiger partial charge in [-0.1, -0.05) is 23.7 Å². The molecule has 0 saturated carbocycles. The van der Waals surface area contributed by atoms with E-state index < -0.39 is 4.92 Å². The summed E-state index contributed by atoms with van der Waals surface area (Å²) in [5.41, 5.74) is 1.96. The third kappa shape index (κ3) is 4.61. The van der Waals surface area contributed by atoms with Gasteiger partial charge in [-0.3, -0.25) is 10.1 Å². The van der Waals surface area contributed by atoms with Crippen molar-refractivity contribution in [2.75, 3.05) is 31.0 Å². The van der Waals surface area contributed by atoms with Crippen molar-refractivity contribution in [1.29, 1.82) is 0 Å². The molecule has 0 aliphatic rings. The Morgan fingerprint density at radius 3 is 2.52 bits per heavy atom. The van der Waals surface area contributed by atoms with Crippen LogP contribution in [0.15, 0.2) is 42.7 Å².